The van der Waals surface area contributed by atoms with Gasteiger partial charge in [-0.3, -0.25) is 0 Å². The third-order valence-electron chi connectivity index (χ3n) is 12.5. The van der Waals surface area contributed by atoms with E-state index in [4.69, 9.17) is 0 Å². The summed E-state index contributed by atoms with van der Waals surface area (Å²) in [6.45, 7) is 0. The number of rotatable bonds is 9. The zero-order chi connectivity index (χ0) is 42.4. The zero-order valence-electron chi connectivity index (χ0n) is 35.0. The van der Waals surface area contributed by atoms with Crippen molar-refractivity contribution in [2.45, 2.75) is 0 Å². The van der Waals surface area contributed by atoms with Crippen LogP contribution in [0.3, 0.4) is 0 Å². The lowest BCUT2D eigenvalue weighted by Gasteiger charge is -2.28. The van der Waals surface area contributed by atoms with E-state index < -0.39 is 0 Å². The lowest BCUT2D eigenvalue weighted by molar-refractivity contribution is 1.18. The lowest BCUT2D eigenvalue weighted by Crippen LogP contribution is -2.12. The van der Waals surface area contributed by atoms with Crippen LogP contribution in [0.25, 0.3) is 71.6 Å². The third kappa shape index (κ3) is 6.57. The van der Waals surface area contributed by atoms with Gasteiger partial charge >= 0.3 is 0 Å². The first-order chi connectivity index (χ1) is 31.7. The third-order valence-corrected chi connectivity index (χ3v) is 12.5. The molecule has 12 rings (SSSR count). The molecule has 0 radical (unpaired) electrons. The molecule has 0 saturated heterocycles. The molecule has 4 nitrogen and oxygen atoms in total. The average Bonchev–Trinajstić information content (AvgIpc) is 3.91. The molecule has 4 heteroatoms. The van der Waals surface area contributed by atoms with Crippen molar-refractivity contribution < 1.29 is 0 Å². The van der Waals surface area contributed by atoms with Crippen LogP contribution in [0.5, 0.6) is 0 Å². The smallest absolute Gasteiger partial charge is 0.0541 e. The predicted octanol–water partition coefficient (Wildman–Crippen LogP) is 16.7. The van der Waals surface area contributed by atoms with Crippen molar-refractivity contribution in [3.63, 3.8) is 0 Å². The van der Waals surface area contributed by atoms with Gasteiger partial charge in [-0.15, -0.1) is 0 Å². The Morgan fingerprint density at radius 1 is 0.266 bits per heavy atom. The largest absolute Gasteiger partial charge is 0.355 e. The maximum Gasteiger partial charge on any atom is 0.0541 e. The maximum absolute atomic E-state index is 3.56. The molecule has 0 spiro atoms. The highest BCUT2D eigenvalue weighted by molar-refractivity contribution is 6.11. The molecule has 0 amide bonds. The molecule has 0 saturated carbocycles. The average molecular weight is 819 g/mol. The molecule has 302 valence electrons. The highest BCUT2D eigenvalue weighted by Gasteiger charge is 2.18. The molecule has 0 aliphatic carbocycles. The molecular formula is C60H42N4. The number of H-pyrrole nitrogens is 1. The Hall–Kier alpha value is -8.60. The highest BCUT2D eigenvalue weighted by Crippen LogP contribution is 2.41. The van der Waals surface area contributed by atoms with E-state index in [1.54, 1.807) is 0 Å². The number of aromatic amines is 1. The molecule has 0 fully saturated rings. The Labute approximate surface area is 372 Å². The monoisotopic (exact) mass is 818 g/mol. The first-order valence-electron chi connectivity index (χ1n) is 21.8. The van der Waals surface area contributed by atoms with E-state index in [9.17, 15) is 0 Å². The summed E-state index contributed by atoms with van der Waals surface area (Å²) in [7, 11) is 0. The molecule has 2 aromatic heterocycles. The summed E-state index contributed by atoms with van der Waals surface area (Å²) in [5, 5.41) is 4.98. The van der Waals surface area contributed by atoms with Gasteiger partial charge in [0, 0.05) is 72.4 Å². The normalized spacial score (nSPS) is 11.4. The number of hydrogen-bond donors (Lipinski definition) is 1. The minimum Gasteiger partial charge on any atom is -0.355 e. The fraction of sp³-hybridized carbons (Fsp3) is 0. The Morgan fingerprint density at radius 3 is 1.23 bits per heavy atom. The van der Waals surface area contributed by atoms with Gasteiger partial charge < -0.3 is 19.4 Å². The molecule has 0 unspecified atom stereocenters. The second-order valence-electron chi connectivity index (χ2n) is 16.3. The number of fused-ring (bicyclic) bond motifs is 6. The summed E-state index contributed by atoms with van der Waals surface area (Å²) in [5.41, 5.74) is 17.2. The van der Waals surface area contributed by atoms with Gasteiger partial charge in [0.1, 0.15) is 0 Å². The molecule has 10 aromatic carbocycles. The Morgan fingerprint density at radius 2 is 0.656 bits per heavy atom. The molecule has 1 N–H and O–H groups in total. The Bertz CT molecular complexity index is 3570. The SMILES string of the molecule is c1ccc(N(c2ccc(-c3ccc4[nH]c5ccccc5c4c3)cc2)c2ccc(N(c3ccccc3)c3ccc(-c4ccc5c(c4)c4ccccc4n5-c4ccccc4)cc3)cc2)cc1. The maximum atomic E-state index is 3.56. The van der Waals surface area contributed by atoms with E-state index in [0.717, 1.165) is 50.8 Å². The van der Waals surface area contributed by atoms with Gasteiger partial charge in [0.05, 0.1) is 11.0 Å². The van der Waals surface area contributed by atoms with Crippen LogP contribution in [0.2, 0.25) is 0 Å². The molecule has 12 aromatic rings. The van der Waals surface area contributed by atoms with Crippen molar-refractivity contribution >= 4 is 77.7 Å². The molecule has 0 atom stereocenters. The first kappa shape index (κ1) is 37.2. The summed E-state index contributed by atoms with van der Waals surface area (Å²) in [4.78, 5) is 8.21. The van der Waals surface area contributed by atoms with Crippen LogP contribution in [0.1, 0.15) is 0 Å². The summed E-state index contributed by atoms with van der Waals surface area (Å²) in [5.74, 6) is 0. The molecule has 0 aliphatic heterocycles. The van der Waals surface area contributed by atoms with Gasteiger partial charge in [-0.05, 0) is 144 Å². The van der Waals surface area contributed by atoms with E-state index in [-0.39, 0.29) is 0 Å². The van der Waals surface area contributed by atoms with Crippen LogP contribution in [0.15, 0.2) is 249 Å². The number of hydrogen-bond acceptors (Lipinski definition) is 2. The molecule has 64 heavy (non-hydrogen) atoms. The second-order valence-corrected chi connectivity index (χ2v) is 16.3. The number of para-hydroxylation sites is 5. The summed E-state index contributed by atoms with van der Waals surface area (Å²) in [6.07, 6.45) is 0. The van der Waals surface area contributed by atoms with Crippen molar-refractivity contribution in [3.05, 3.63) is 249 Å². The molecule has 0 aliphatic rings. The van der Waals surface area contributed by atoms with Gasteiger partial charge in [0.15, 0.2) is 0 Å². The molecule has 0 bridgehead atoms. The topological polar surface area (TPSA) is 27.2 Å². The van der Waals surface area contributed by atoms with Gasteiger partial charge in [-0.2, -0.15) is 0 Å². The van der Waals surface area contributed by atoms with Crippen molar-refractivity contribution in [3.8, 4) is 27.9 Å². The van der Waals surface area contributed by atoms with E-state index in [0.29, 0.717) is 0 Å². The first-order valence-corrected chi connectivity index (χ1v) is 21.8. The van der Waals surface area contributed by atoms with Crippen molar-refractivity contribution in [1.29, 1.82) is 0 Å². The molecule has 2 heterocycles. The van der Waals surface area contributed by atoms with Crippen LogP contribution < -0.4 is 9.80 Å². The van der Waals surface area contributed by atoms with Gasteiger partial charge in [0.2, 0.25) is 0 Å². The van der Waals surface area contributed by atoms with E-state index in [1.807, 2.05) is 0 Å². The van der Waals surface area contributed by atoms with Crippen LogP contribution in [-0.4, -0.2) is 9.55 Å². The minimum absolute atomic E-state index is 1.08. The number of nitrogens with one attached hydrogen (secondary N) is 1. The van der Waals surface area contributed by atoms with Gasteiger partial charge in [-0.1, -0.05) is 127 Å². The number of anilines is 6. The summed E-state index contributed by atoms with van der Waals surface area (Å²) in [6, 6.07) is 89.4. The minimum atomic E-state index is 1.08. The van der Waals surface area contributed by atoms with Crippen molar-refractivity contribution in [2.75, 3.05) is 9.80 Å². The van der Waals surface area contributed by atoms with Gasteiger partial charge in [0.25, 0.3) is 0 Å². The molecular weight excluding hydrogens is 777 g/mol. The van der Waals surface area contributed by atoms with Crippen LogP contribution in [0.4, 0.5) is 34.1 Å². The number of benzene rings is 10. The van der Waals surface area contributed by atoms with Crippen LogP contribution >= 0.6 is 0 Å². The quantitative estimate of drug-likeness (QED) is 0.157. The van der Waals surface area contributed by atoms with Crippen molar-refractivity contribution in [1.82, 2.24) is 9.55 Å². The Balaban J connectivity index is 0.871. The summed E-state index contributed by atoms with van der Waals surface area (Å²) >= 11 is 0. The fourth-order valence-corrected chi connectivity index (χ4v) is 9.44. The van der Waals surface area contributed by atoms with Crippen molar-refractivity contribution in [2.24, 2.45) is 0 Å². The standard InChI is InChI=1S/C60H42N4/c1-4-14-46(15-5-1)62(49-30-24-42(25-31-49)44-28-38-58-55(40-44)53-20-10-12-22-57(53)61-58)51-34-36-52(37-35-51)63(47-16-6-2-7-17-47)50-32-26-43(27-33-50)45-29-39-60-56(41-45)54-21-11-13-23-59(54)64(60)48-18-8-3-9-19-48/h1-41,61H. The van der Waals surface area contributed by atoms with E-state index >= 15 is 0 Å². The lowest BCUT2D eigenvalue weighted by atomic mass is 10.0. The fourth-order valence-electron chi connectivity index (χ4n) is 9.44. The highest BCUT2D eigenvalue weighted by atomic mass is 15.2. The Kier molecular flexibility index (Phi) is 9.12. The van der Waals surface area contributed by atoms with E-state index in [2.05, 4.69) is 268 Å². The summed E-state index contributed by atoms with van der Waals surface area (Å²) < 4.78 is 2.36. The van der Waals surface area contributed by atoms with Crippen LogP contribution in [-0.2, 0) is 0 Å². The zero-order valence-corrected chi connectivity index (χ0v) is 35.0. The number of nitrogens with zero attached hydrogens (tertiary/aromatic N) is 3. The van der Waals surface area contributed by atoms with Crippen LogP contribution in [0, 0.1) is 0 Å². The number of aromatic nitrogens is 2. The second kappa shape index (κ2) is 15.7. The van der Waals surface area contributed by atoms with E-state index in [1.165, 1.54) is 54.8 Å². The predicted molar refractivity (Wildman–Crippen MR) is 270 cm³/mol. The van der Waals surface area contributed by atoms with Gasteiger partial charge in [-0.25, -0.2) is 0 Å².